The first kappa shape index (κ1) is 24.4. The Hall–Kier alpha value is -2.24. The van der Waals surface area contributed by atoms with Crippen molar-refractivity contribution in [1.29, 1.82) is 0 Å². The van der Waals surface area contributed by atoms with Crippen LogP contribution in [0, 0.1) is 13.8 Å². The number of ether oxygens (including phenoxy) is 1. The molecule has 1 atom stereocenters. The van der Waals surface area contributed by atoms with Gasteiger partial charge in [-0.2, -0.15) is 0 Å². The second-order valence-electron chi connectivity index (χ2n) is 8.47. The molecule has 3 rings (SSSR count). The molecule has 32 heavy (non-hydrogen) atoms. The van der Waals surface area contributed by atoms with Gasteiger partial charge < -0.3 is 15.0 Å². The summed E-state index contributed by atoms with van der Waals surface area (Å²) in [6, 6.07) is 10.4. The van der Waals surface area contributed by atoms with Crippen LogP contribution in [0.2, 0.25) is 10.0 Å². The number of aryl methyl sites for hydroxylation is 2. The van der Waals surface area contributed by atoms with Crippen molar-refractivity contribution in [2.45, 2.75) is 65.1 Å². The number of carbonyl (C=O) groups excluding carboxylic acids is 2. The highest BCUT2D eigenvalue weighted by Crippen LogP contribution is 2.26. The van der Waals surface area contributed by atoms with Gasteiger partial charge in [0.05, 0.1) is 0 Å². The maximum atomic E-state index is 13.2. The van der Waals surface area contributed by atoms with Crippen molar-refractivity contribution in [3.63, 3.8) is 0 Å². The van der Waals surface area contributed by atoms with Gasteiger partial charge in [-0.05, 0) is 74.6 Å². The fourth-order valence-corrected chi connectivity index (χ4v) is 4.21. The van der Waals surface area contributed by atoms with Crippen molar-refractivity contribution in [2.75, 3.05) is 6.61 Å². The molecule has 0 radical (unpaired) electrons. The molecule has 1 saturated carbocycles. The van der Waals surface area contributed by atoms with Gasteiger partial charge in [-0.15, -0.1) is 0 Å². The molecule has 2 amide bonds. The van der Waals surface area contributed by atoms with Crippen molar-refractivity contribution in [3.8, 4) is 5.75 Å². The Labute approximate surface area is 200 Å². The lowest BCUT2D eigenvalue weighted by Gasteiger charge is -2.29. The van der Waals surface area contributed by atoms with Gasteiger partial charge in [0.2, 0.25) is 5.91 Å². The van der Waals surface area contributed by atoms with Gasteiger partial charge in [0.15, 0.2) is 6.61 Å². The highest BCUT2D eigenvalue weighted by atomic mass is 35.5. The summed E-state index contributed by atoms with van der Waals surface area (Å²) in [6.07, 6.45) is 4.23. The largest absolute Gasteiger partial charge is 0.484 e. The summed E-state index contributed by atoms with van der Waals surface area (Å²) in [4.78, 5) is 27.6. The number of nitrogens with one attached hydrogen (secondary N) is 1. The summed E-state index contributed by atoms with van der Waals surface area (Å²) in [7, 11) is 0. The third kappa shape index (κ3) is 6.39. The third-order valence-corrected chi connectivity index (χ3v) is 6.76. The molecule has 0 heterocycles. The van der Waals surface area contributed by atoms with Gasteiger partial charge in [0.25, 0.3) is 5.91 Å². The van der Waals surface area contributed by atoms with Crippen LogP contribution in [0.5, 0.6) is 5.75 Å². The Balaban J connectivity index is 1.73. The first-order valence-electron chi connectivity index (χ1n) is 11.0. The summed E-state index contributed by atoms with van der Waals surface area (Å²) in [5, 5.41) is 4.40. The zero-order valence-corrected chi connectivity index (χ0v) is 20.3. The highest BCUT2D eigenvalue weighted by Gasteiger charge is 2.28. The molecule has 0 aliphatic heterocycles. The Bertz CT molecular complexity index is 933. The molecule has 0 spiro atoms. The lowest BCUT2D eigenvalue weighted by Crippen LogP contribution is -2.50. The smallest absolute Gasteiger partial charge is 0.261 e. The van der Waals surface area contributed by atoms with Gasteiger partial charge >= 0.3 is 0 Å². The van der Waals surface area contributed by atoms with E-state index in [9.17, 15) is 9.59 Å². The fourth-order valence-electron chi connectivity index (χ4n) is 3.98. The van der Waals surface area contributed by atoms with Crippen LogP contribution in [0.3, 0.4) is 0 Å². The summed E-state index contributed by atoms with van der Waals surface area (Å²) in [5.74, 6) is 0.170. The first-order valence-corrected chi connectivity index (χ1v) is 11.7. The van der Waals surface area contributed by atoms with Crippen LogP contribution in [0.15, 0.2) is 36.4 Å². The van der Waals surface area contributed by atoms with E-state index in [-0.39, 0.29) is 31.0 Å². The topological polar surface area (TPSA) is 58.6 Å². The van der Waals surface area contributed by atoms with Crippen molar-refractivity contribution in [2.24, 2.45) is 0 Å². The quantitative estimate of drug-likeness (QED) is 0.549. The van der Waals surface area contributed by atoms with E-state index in [1.54, 1.807) is 24.0 Å². The number of nitrogens with zero attached hydrogens (tertiary/aromatic N) is 1. The zero-order valence-electron chi connectivity index (χ0n) is 18.8. The number of halogens is 2. The Morgan fingerprint density at radius 2 is 1.69 bits per heavy atom. The Morgan fingerprint density at radius 3 is 2.28 bits per heavy atom. The highest BCUT2D eigenvalue weighted by molar-refractivity contribution is 6.32. The Morgan fingerprint density at radius 1 is 1.09 bits per heavy atom. The SMILES string of the molecule is Cc1cc(OCC(=O)N(Cc2ccc(Cl)cc2)[C@H](C)C(=O)NC2CCCC2)cc(C)c1Cl. The molecule has 0 unspecified atom stereocenters. The predicted octanol–water partition coefficient (Wildman–Crippen LogP) is 5.47. The molecule has 1 fully saturated rings. The molecule has 0 bridgehead atoms. The van der Waals surface area contributed by atoms with Crippen LogP contribution in [-0.2, 0) is 16.1 Å². The van der Waals surface area contributed by atoms with Crippen molar-refractivity contribution in [3.05, 3.63) is 63.1 Å². The van der Waals surface area contributed by atoms with E-state index in [4.69, 9.17) is 27.9 Å². The molecule has 1 aliphatic rings. The molecule has 1 N–H and O–H groups in total. The molecule has 1 aliphatic carbocycles. The number of amides is 2. The van der Waals surface area contributed by atoms with E-state index in [1.165, 1.54) is 0 Å². The minimum absolute atomic E-state index is 0.141. The fraction of sp³-hybridized carbons (Fsp3) is 0.440. The van der Waals surface area contributed by atoms with Crippen LogP contribution in [0.4, 0.5) is 0 Å². The number of hydrogen-bond donors (Lipinski definition) is 1. The average molecular weight is 477 g/mol. The lowest BCUT2D eigenvalue weighted by molar-refractivity contribution is -0.142. The van der Waals surface area contributed by atoms with Crippen molar-refractivity contribution >= 4 is 35.0 Å². The van der Waals surface area contributed by atoms with Crippen molar-refractivity contribution in [1.82, 2.24) is 10.2 Å². The van der Waals surface area contributed by atoms with E-state index in [0.717, 1.165) is 42.4 Å². The third-order valence-electron chi connectivity index (χ3n) is 5.91. The monoisotopic (exact) mass is 476 g/mol. The molecule has 7 heteroatoms. The Kier molecular flexibility index (Phi) is 8.44. The summed E-state index contributed by atoms with van der Waals surface area (Å²) >= 11 is 12.2. The number of hydrogen-bond acceptors (Lipinski definition) is 3. The standard InChI is InChI=1S/C25H30Cl2N2O3/c1-16-12-22(13-17(2)24(16)27)32-15-23(30)29(14-19-8-10-20(26)11-9-19)18(3)25(31)28-21-6-4-5-7-21/h8-13,18,21H,4-7,14-15H2,1-3H3,(H,28,31)/t18-/m1/s1. The molecular weight excluding hydrogens is 447 g/mol. The molecular formula is C25H30Cl2N2O3. The van der Waals surface area contributed by atoms with E-state index in [0.29, 0.717) is 15.8 Å². The van der Waals surface area contributed by atoms with E-state index in [2.05, 4.69) is 5.32 Å². The first-order chi connectivity index (χ1) is 15.2. The molecule has 5 nitrogen and oxygen atoms in total. The van der Waals surface area contributed by atoms with E-state index in [1.807, 2.05) is 38.1 Å². The molecule has 0 saturated heterocycles. The molecule has 172 valence electrons. The number of carbonyl (C=O) groups is 2. The molecule has 0 aromatic heterocycles. The summed E-state index contributed by atoms with van der Waals surface area (Å²) in [5.41, 5.74) is 2.66. The van der Waals surface area contributed by atoms with Gasteiger partial charge in [0.1, 0.15) is 11.8 Å². The van der Waals surface area contributed by atoms with Gasteiger partial charge in [0, 0.05) is 22.6 Å². The predicted molar refractivity (Wildman–Crippen MR) is 128 cm³/mol. The maximum Gasteiger partial charge on any atom is 0.261 e. The summed E-state index contributed by atoms with van der Waals surface area (Å²) in [6.45, 7) is 5.67. The van der Waals surface area contributed by atoms with Crippen molar-refractivity contribution < 1.29 is 14.3 Å². The van der Waals surface area contributed by atoms with Gasteiger partial charge in [-0.3, -0.25) is 9.59 Å². The van der Waals surface area contributed by atoms with E-state index >= 15 is 0 Å². The normalized spacial score (nSPS) is 14.8. The molecule has 2 aromatic rings. The second-order valence-corrected chi connectivity index (χ2v) is 9.29. The van der Waals surface area contributed by atoms with E-state index < -0.39 is 6.04 Å². The number of benzene rings is 2. The second kappa shape index (κ2) is 11.1. The van der Waals surface area contributed by atoms with Gasteiger partial charge in [-0.25, -0.2) is 0 Å². The molecule has 2 aromatic carbocycles. The summed E-state index contributed by atoms with van der Waals surface area (Å²) < 4.78 is 5.78. The minimum atomic E-state index is -0.629. The van der Waals surface area contributed by atoms with Gasteiger partial charge in [-0.1, -0.05) is 48.2 Å². The number of rotatable bonds is 8. The van der Waals surface area contributed by atoms with Crippen LogP contribution >= 0.6 is 23.2 Å². The lowest BCUT2D eigenvalue weighted by atomic mass is 10.1. The average Bonchev–Trinajstić information content (AvgIpc) is 3.27. The van der Waals surface area contributed by atoms with Crippen LogP contribution in [0.1, 0.15) is 49.3 Å². The minimum Gasteiger partial charge on any atom is -0.484 e. The maximum absolute atomic E-state index is 13.2. The van der Waals surface area contributed by atoms with Crippen LogP contribution in [0.25, 0.3) is 0 Å². The van der Waals surface area contributed by atoms with Crippen LogP contribution in [-0.4, -0.2) is 35.4 Å². The van der Waals surface area contributed by atoms with Crippen LogP contribution < -0.4 is 10.1 Å². The zero-order chi connectivity index (χ0) is 23.3.